The van der Waals surface area contributed by atoms with E-state index < -0.39 is 0 Å². The van der Waals surface area contributed by atoms with Crippen molar-refractivity contribution in [2.45, 2.75) is 44.4 Å². The highest BCUT2D eigenvalue weighted by Crippen LogP contribution is 2.33. The van der Waals surface area contributed by atoms with Crippen LogP contribution in [0.4, 0.5) is 0 Å². The fourth-order valence-electron chi connectivity index (χ4n) is 3.26. The summed E-state index contributed by atoms with van der Waals surface area (Å²) in [7, 11) is 0. The monoisotopic (exact) mass is 254 g/mol. The Morgan fingerprint density at radius 1 is 1.35 bits per heavy atom. The average Bonchev–Trinajstić information content (AvgIpc) is 2.93. The van der Waals surface area contributed by atoms with Crippen LogP contribution in [0.25, 0.3) is 0 Å². The number of aliphatic hydroxyl groups excluding tert-OH is 1. The SMILES string of the molecule is OCc1n[nH]c(=S)n1C1CCN2CCCC2C1. The third-order valence-electron chi connectivity index (χ3n) is 4.08. The standard InChI is InChI=1S/C11H18N4OS/c16-7-10-12-13-11(17)15(10)9-3-5-14-4-1-2-8(14)6-9/h8-9,16H,1-7H2,(H,13,17). The van der Waals surface area contributed by atoms with Crippen molar-refractivity contribution < 1.29 is 5.11 Å². The van der Waals surface area contributed by atoms with Gasteiger partial charge < -0.3 is 10.0 Å². The summed E-state index contributed by atoms with van der Waals surface area (Å²) in [6.07, 6.45) is 4.87. The van der Waals surface area contributed by atoms with Crippen LogP contribution < -0.4 is 0 Å². The normalized spacial score (nSPS) is 29.5. The van der Waals surface area contributed by atoms with Gasteiger partial charge in [0.05, 0.1) is 0 Å². The van der Waals surface area contributed by atoms with E-state index in [0.29, 0.717) is 22.7 Å². The number of hydrogen-bond donors (Lipinski definition) is 2. The lowest BCUT2D eigenvalue weighted by Crippen LogP contribution is -2.39. The molecule has 0 bridgehead atoms. The molecule has 2 unspecified atom stereocenters. The lowest BCUT2D eigenvalue weighted by Gasteiger charge is -2.35. The third kappa shape index (κ3) is 1.94. The number of fused-ring (bicyclic) bond motifs is 1. The van der Waals surface area contributed by atoms with Gasteiger partial charge in [-0.1, -0.05) is 0 Å². The van der Waals surface area contributed by atoms with Crippen molar-refractivity contribution in [2.75, 3.05) is 13.1 Å². The molecule has 0 aliphatic carbocycles. The molecule has 0 saturated carbocycles. The Morgan fingerprint density at radius 3 is 3.06 bits per heavy atom. The Morgan fingerprint density at radius 2 is 2.24 bits per heavy atom. The van der Waals surface area contributed by atoms with E-state index in [2.05, 4.69) is 15.1 Å². The number of H-pyrrole nitrogens is 1. The first-order valence-electron chi connectivity index (χ1n) is 6.30. The van der Waals surface area contributed by atoms with Crippen molar-refractivity contribution in [3.8, 4) is 0 Å². The van der Waals surface area contributed by atoms with E-state index in [0.717, 1.165) is 19.4 Å². The maximum absolute atomic E-state index is 9.29. The van der Waals surface area contributed by atoms with Crippen LogP contribution in [0.5, 0.6) is 0 Å². The van der Waals surface area contributed by atoms with Crippen LogP contribution >= 0.6 is 12.2 Å². The molecule has 2 aliphatic heterocycles. The van der Waals surface area contributed by atoms with Gasteiger partial charge in [0.1, 0.15) is 6.61 Å². The van der Waals surface area contributed by atoms with Gasteiger partial charge in [-0.2, -0.15) is 5.10 Å². The zero-order valence-corrected chi connectivity index (χ0v) is 10.6. The van der Waals surface area contributed by atoms with E-state index in [9.17, 15) is 5.11 Å². The molecule has 6 heteroatoms. The average molecular weight is 254 g/mol. The molecule has 0 spiro atoms. The number of aromatic nitrogens is 3. The van der Waals surface area contributed by atoms with Gasteiger partial charge >= 0.3 is 0 Å². The zero-order valence-electron chi connectivity index (χ0n) is 9.80. The van der Waals surface area contributed by atoms with Gasteiger partial charge in [-0.05, 0) is 44.4 Å². The van der Waals surface area contributed by atoms with Crippen LogP contribution in [0.2, 0.25) is 0 Å². The molecule has 1 aromatic rings. The summed E-state index contributed by atoms with van der Waals surface area (Å²) in [6, 6.07) is 1.11. The van der Waals surface area contributed by atoms with Crippen LogP contribution in [-0.2, 0) is 6.61 Å². The highest BCUT2D eigenvalue weighted by molar-refractivity contribution is 7.71. The van der Waals surface area contributed by atoms with Crippen molar-refractivity contribution in [3.63, 3.8) is 0 Å². The van der Waals surface area contributed by atoms with Crippen molar-refractivity contribution in [1.82, 2.24) is 19.7 Å². The number of aliphatic hydroxyl groups is 1. The predicted octanol–water partition coefficient (Wildman–Crippen LogP) is 1.23. The lowest BCUT2D eigenvalue weighted by atomic mass is 9.97. The summed E-state index contributed by atoms with van der Waals surface area (Å²) in [5.74, 6) is 0.673. The number of aromatic amines is 1. The summed E-state index contributed by atoms with van der Waals surface area (Å²) in [5.41, 5.74) is 0. The molecule has 94 valence electrons. The second-order valence-electron chi connectivity index (χ2n) is 4.98. The summed E-state index contributed by atoms with van der Waals surface area (Å²) in [6.45, 7) is 2.35. The van der Waals surface area contributed by atoms with Crippen molar-refractivity contribution in [2.24, 2.45) is 0 Å². The minimum atomic E-state index is -0.0436. The minimum absolute atomic E-state index is 0.0436. The highest BCUT2D eigenvalue weighted by Gasteiger charge is 2.33. The number of piperidine rings is 1. The smallest absolute Gasteiger partial charge is 0.195 e. The van der Waals surface area contributed by atoms with E-state index in [-0.39, 0.29) is 6.61 Å². The molecule has 0 amide bonds. The molecule has 2 N–H and O–H groups in total. The molecular weight excluding hydrogens is 236 g/mol. The van der Waals surface area contributed by atoms with E-state index in [1.165, 1.54) is 19.4 Å². The molecule has 2 aliphatic rings. The van der Waals surface area contributed by atoms with Gasteiger partial charge in [-0.3, -0.25) is 9.67 Å². The van der Waals surface area contributed by atoms with Gasteiger partial charge in [-0.15, -0.1) is 0 Å². The minimum Gasteiger partial charge on any atom is -0.388 e. The molecular formula is C11H18N4OS. The quantitative estimate of drug-likeness (QED) is 0.780. The van der Waals surface area contributed by atoms with E-state index in [4.69, 9.17) is 12.2 Å². The third-order valence-corrected chi connectivity index (χ3v) is 4.36. The highest BCUT2D eigenvalue weighted by atomic mass is 32.1. The molecule has 0 radical (unpaired) electrons. The van der Waals surface area contributed by atoms with Gasteiger partial charge in [-0.25, -0.2) is 0 Å². The van der Waals surface area contributed by atoms with Gasteiger partial charge in [0.25, 0.3) is 0 Å². The Balaban J connectivity index is 1.84. The van der Waals surface area contributed by atoms with E-state index in [1.54, 1.807) is 0 Å². The van der Waals surface area contributed by atoms with Crippen LogP contribution in [-0.4, -0.2) is 43.9 Å². The largest absolute Gasteiger partial charge is 0.388 e. The first kappa shape index (κ1) is 11.4. The fourth-order valence-corrected chi connectivity index (χ4v) is 3.56. The number of rotatable bonds is 2. The molecule has 17 heavy (non-hydrogen) atoms. The molecule has 2 atom stereocenters. The van der Waals surface area contributed by atoms with Crippen LogP contribution in [0.15, 0.2) is 0 Å². The second-order valence-corrected chi connectivity index (χ2v) is 5.37. The van der Waals surface area contributed by atoms with E-state index in [1.807, 2.05) is 4.57 Å². The topological polar surface area (TPSA) is 57.1 Å². The first-order valence-corrected chi connectivity index (χ1v) is 6.71. The Labute approximate surface area is 105 Å². The lowest BCUT2D eigenvalue weighted by molar-refractivity contribution is 0.149. The van der Waals surface area contributed by atoms with E-state index >= 15 is 0 Å². The van der Waals surface area contributed by atoms with Gasteiger partial charge in [0.15, 0.2) is 10.6 Å². The maximum Gasteiger partial charge on any atom is 0.195 e. The summed E-state index contributed by atoms with van der Waals surface area (Å²) >= 11 is 5.26. The molecule has 3 rings (SSSR count). The van der Waals surface area contributed by atoms with Crippen LogP contribution in [0.3, 0.4) is 0 Å². The Kier molecular flexibility index (Phi) is 3.02. The Bertz CT molecular complexity index is 455. The van der Waals surface area contributed by atoms with Gasteiger partial charge in [0.2, 0.25) is 0 Å². The molecule has 2 saturated heterocycles. The summed E-state index contributed by atoms with van der Waals surface area (Å²) < 4.78 is 2.66. The molecule has 2 fully saturated rings. The molecule has 1 aromatic heterocycles. The first-order chi connectivity index (χ1) is 8.29. The molecule has 5 nitrogen and oxygen atoms in total. The van der Waals surface area contributed by atoms with Crippen molar-refractivity contribution >= 4 is 12.2 Å². The molecule has 0 aromatic carbocycles. The summed E-state index contributed by atoms with van der Waals surface area (Å²) in [5, 5.41) is 16.2. The number of nitrogens with zero attached hydrogens (tertiary/aromatic N) is 3. The molecule has 3 heterocycles. The van der Waals surface area contributed by atoms with Crippen molar-refractivity contribution in [1.29, 1.82) is 0 Å². The zero-order chi connectivity index (χ0) is 11.8. The Hall–Kier alpha value is -0.720. The second kappa shape index (κ2) is 4.51. The predicted molar refractivity (Wildman–Crippen MR) is 66.2 cm³/mol. The van der Waals surface area contributed by atoms with Crippen LogP contribution in [0.1, 0.15) is 37.5 Å². The number of hydrogen-bond acceptors (Lipinski definition) is 4. The van der Waals surface area contributed by atoms with Gasteiger partial charge in [0, 0.05) is 18.6 Å². The van der Waals surface area contributed by atoms with Crippen LogP contribution in [0, 0.1) is 4.77 Å². The summed E-state index contributed by atoms with van der Waals surface area (Å²) in [4.78, 5) is 2.58. The number of nitrogens with one attached hydrogen (secondary N) is 1. The van der Waals surface area contributed by atoms with Crippen molar-refractivity contribution in [3.05, 3.63) is 10.6 Å². The maximum atomic E-state index is 9.29. The fraction of sp³-hybridized carbons (Fsp3) is 0.818.